The van der Waals surface area contributed by atoms with Gasteiger partial charge in [-0.25, -0.2) is 0 Å². The Hall–Kier alpha value is -1.59. The Morgan fingerprint density at radius 1 is 1.16 bits per heavy atom. The molecule has 1 rings (SSSR count). The van der Waals surface area contributed by atoms with Crippen LogP contribution in [-0.2, 0) is 14.4 Å². The first-order chi connectivity index (χ1) is 9.08. The number of amides is 3. The van der Waals surface area contributed by atoms with Gasteiger partial charge in [-0.1, -0.05) is 6.92 Å². The maximum atomic E-state index is 12.0. The molecule has 1 aliphatic rings. The molecule has 0 bridgehead atoms. The fourth-order valence-corrected chi connectivity index (χ4v) is 2.16. The van der Waals surface area contributed by atoms with Gasteiger partial charge in [0.25, 0.3) is 0 Å². The molecule has 1 aliphatic heterocycles. The third kappa shape index (κ3) is 4.89. The SMILES string of the molecule is CCCN(CCC(=O)N1CCN(C=O)CC1)C(C)=O. The van der Waals surface area contributed by atoms with Crippen LogP contribution < -0.4 is 0 Å². The normalized spacial score (nSPS) is 15.3. The Morgan fingerprint density at radius 3 is 2.26 bits per heavy atom. The van der Waals surface area contributed by atoms with Crippen LogP contribution in [0.1, 0.15) is 26.7 Å². The second-order valence-corrected chi connectivity index (χ2v) is 4.78. The topological polar surface area (TPSA) is 60.9 Å². The van der Waals surface area contributed by atoms with Gasteiger partial charge in [-0.15, -0.1) is 0 Å². The van der Waals surface area contributed by atoms with E-state index in [1.807, 2.05) is 6.92 Å². The van der Waals surface area contributed by atoms with Crippen molar-refractivity contribution in [1.82, 2.24) is 14.7 Å². The molecule has 1 fully saturated rings. The molecule has 1 saturated heterocycles. The summed E-state index contributed by atoms with van der Waals surface area (Å²) in [6.07, 6.45) is 2.08. The van der Waals surface area contributed by atoms with E-state index in [1.54, 1.807) is 14.7 Å². The van der Waals surface area contributed by atoms with Gasteiger partial charge in [0.2, 0.25) is 18.2 Å². The molecule has 3 amide bonds. The molecule has 0 aliphatic carbocycles. The van der Waals surface area contributed by atoms with Crippen LogP contribution in [-0.4, -0.2) is 72.2 Å². The predicted molar refractivity (Wildman–Crippen MR) is 71.4 cm³/mol. The van der Waals surface area contributed by atoms with E-state index in [0.29, 0.717) is 45.7 Å². The average Bonchev–Trinajstić information content (AvgIpc) is 2.42. The first-order valence-electron chi connectivity index (χ1n) is 6.81. The maximum absolute atomic E-state index is 12.0. The lowest BCUT2D eigenvalue weighted by Crippen LogP contribution is -2.48. The quantitative estimate of drug-likeness (QED) is 0.634. The molecule has 19 heavy (non-hydrogen) atoms. The van der Waals surface area contributed by atoms with Crippen molar-refractivity contribution < 1.29 is 14.4 Å². The zero-order chi connectivity index (χ0) is 14.3. The zero-order valence-corrected chi connectivity index (χ0v) is 11.8. The molecule has 6 heteroatoms. The van der Waals surface area contributed by atoms with Crippen molar-refractivity contribution >= 4 is 18.2 Å². The van der Waals surface area contributed by atoms with E-state index in [1.165, 1.54) is 6.92 Å². The van der Waals surface area contributed by atoms with Gasteiger partial charge in [0.1, 0.15) is 0 Å². The minimum absolute atomic E-state index is 0.0143. The molecule has 0 radical (unpaired) electrons. The van der Waals surface area contributed by atoms with Gasteiger partial charge < -0.3 is 14.7 Å². The van der Waals surface area contributed by atoms with Gasteiger partial charge in [-0.3, -0.25) is 14.4 Å². The maximum Gasteiger partial charge on any atom is 0.224 e. The predicted octanol–water partition coefficient (Wildman–Crippen LogP) is -0.0644. The summed E-state index contributed by atoms with van der Waals surface area (Å²) in [6, 6.07) is 0. The number of nitrogens with zero attached hydrogens (tertiary/aromatic N) is 3. The summed E-state index contributed by atoms with van der Waals surface area (Å²) >= 11 is 0. The van der Waals surface area contributed by atoms with Crippen LogP contribution in [0.3, 0.4) is 0 Å². The van der Waals surface area contributed by atoms with Crippen LogP contribution in [0.15, 0.2) is 0 Å². The van der Waals surface area contributed by atoms with Gasteiger partial charge >= 0.3 is 0 Å². The van der Waals surface area contributed by atoms with Crippen LogP contribution in [0.25, 0.3) is 0 Å². The Balaban J connectivity index is 2.34. The van der Waals surface area contributed by atoms with E-state index < -0.39 is 0 Å². The first-order valence-corrected chi connectivity index (χ1v) is 6.81. The van der Waals surface area contributed by atoms with Crippen molar-refractivity contribution in [1.29, 1.82) is 0 Å². The van der Waals surface area contributed by atoms with Crippen LogP contribution >= 0.6 is 0 Å². The third-order valence-electron chi connectivity index (χ3n) is 3.35. The Morgan fingerprint density at radius 2 is 1.79 bits per heavy atom. The second kappa shape index (κ2) is 7.76. The monoisotopic (exact) mass is 269 g/mol. The molecule has 0 aromatic rings. The largest absolute Gasteiger partial charge is 0.342 e. The summed E-state index contributed by atoms with van der Waals surface area (Å²) < 4.78 is 0. The Labute approximate surface area is 114 Å². The highest BCUT2D eigenvalue weighted by atomic mass is 16.2. The van der Waals surface area contributed by atoms with Crippen LogP contribution in [0.2, 0.25) is 0 Å². The summed E-state index contributed by atoms with van der Waals surface area (Å²) in [7, 11) is 0. The van der Waals surface area contributed by atoms with Crippen molar-refractivity contribution in [3.8, 4) is 0 Å². The molecule has 6 nitrogen and oxygen atoms in total. The lowest BCUT2D eigenvalue weighted by Gasteiger charge is -2.33. The van der Waals surface area contributed by atoms with Crippen molar-refractivity contribution in [3.63, 3.8) is 0 Å². The first kappa shape index (κ1) is 15.5. The lowest BCUT2D eigenvalue weighted by atomic mass is 10.2. The molecule has 0 atom stereocenters. The number of hydrogen-bond donors (Lipinski definition) is 0. The van der Waals surface area contributed by atoms with E-state index in [9.17, 15) is 14.4 Å². The van der Waals surface area contributed by atoms with Gasteiger partial charge in [0.05, 0.1) is 0 Å². The van der Waals surface area contributed by atoms with Crippen molar-refractivity contribution in [2.75, 3.05) is 39.3 Å². The summed E-state index contributed by atoms with van der Waals surface area (Å²) in [4.78, 5) is 39.1. The summed E-state index contributed by atoms with van der Waals surface area (Å²) in [5.41, 5.74) is 0. The molecule has 108 valence electrons. The number of carbonyl (C=O) groups excluding carboxylic acids is 3. The van der Waals surface area contributed by atoms with E-state index >= 15 is 0 Å². The van der Waals surface area contributed by atoms with Gasteiger partial charge in [0, 0.05) is 52.6 Å². The van der Waals surface area contributed by atoms with Crippen LogP contribution in [0.5, 0.6) is 0 Å². The highest BCUT2D eigenvalue weighted by molar-refractivity contribution is 5.78. The molecule has 0 unspecified atom stereocenters. The second-order valence-electron chi connectivity index (χ2n) is 4.78. The lowest BCUT2D eigenvalue weighted by molar-refractivity contribution is -0.136. The van der Waals surface area contributed by atoms with E-state index in [-0.39, 0.29) is 11.8 Å². The van der Waals surface area contributed by atoms with E-state index in [2.05, 4.69) is 0 Å². The number of hydrogen-bond acceptors (Lipinski definition) is 3. The van der Waals surface area contributed by atoms with E-state index in [0.717, 1.165) is 12.8 Å². The molecule has 0 aromatic heterocycles. The molecular formula is C13H23N3O3. The van der Waals surface area contributed by atoms with Crippen LogP contribution in [0.4, 0.5) is 0 Å². The van der Waals surface area contributed by atoms with Crippen molar-refractivity contribution in [2.45, 2.75) is 26.7 Å². The highest BCUT2D eigenvalue weighted by Crippen LogP contribution is 2.04. The fourth-order valence-electron chi connectivity index (χ4n) is 2.16. The van der Waals surface area contributed by atoms with Crippen molar-refractivity contribution in [2.24, 2.45) is 0 Å². The zero-order valence-electron chi connectivity index (χ0n) is 11.8. The molecule has 0 aromatic carbocycles. The van der Waals surface area contributed by atoms with Crippen LogP contribution in [0, 0.1) is 0 Å². The summed E-state index contributed by atoms with van der Waals surface area (Å²) in [5.74, 6) is 0.0772. The smallest absolute Gasteiger partial charge is 0.224 e. The molecular weight excluding hydrogens is 246 g/mol. The standard InChI is InChI=1S/C13H23N3O3/c1-3-5-15(12(2)18)6-4-13(19)16-9-7-14(11-17)8-10-16/h11H,3-10H2,1-2H3. The summed E-state index contributed by atoms with van der Waals surface area (Å²) in [5, 5.41) is 0. The average molecular weight is 269 g/mol. The number of rotatable bonds is 6. The van der Waals surface area contributed by atoms with E-state index in [4.69, 9.17) is 0 Å². The molecule has 0 spiro atoms. The van der Waals surface area contributed by atoms with Gasteiger partial charge in [-0.05, 0) is 6.42 Å². The summed E-state index contributed by atoms with van der Waals surface area (Å²) in [6.45, 7) is 7.09. The molecule has 1 heterocycles. The van der Waals surface area contributed by atoms with Crippen molar-refractivity contribution in [3.05, 3.63) is 0 Å². The Bertz CT molecular complexity index is 325. The number of carbonyl (C=O) groups is 3. The molecule has 0 N–H and O–H groups in total. The fraction of sp³-hybridized carbons (Fsp3) is 0.769. The highest BCUT2D eigenvalue weighted by Gasteiger charge is 2.20. The minimum atomic E-state index is 0.0143. The minimum Gasteiger partial charge on any atom is -0.342 e. The van der Waals surface area contributed by atoms with Gasteiger partial charge in [0.15, 0.2) is 0 Å². The third-order valence-corrected chi connectivity index (χ3v) is 3.35. The number of piperazine rings is 1. The Kier molecular flexibility index (Phi) is 6.32. The molecule has 0 saturated carbocycles. The van der Waals surface area contributed by atoms with Gasteiger partial charge in [-0.2, -0.15) is 0 Å².